The van der Waals surface area contributed by atoms with E-state index in [-0.39, 0.29) is 11.7 Å². The van der Waals surface area contributed by atoms with Crippen LogP contribution in [0.2, 0.25) is 0 Å². The summed E-state index contributed by atoms with van der Waals surface area (Å²) >= 11 is 0. The third-order valence-electron chi connectivity index (χ3n) is 3.47. The molecule has 3 nitrogen and oxygen atoms in total. The summed E-state index contributed by atoms with van der Waals surface area (Å²) < 4.78 is 0. The molecule has 0 saturated heterocycles. The number of Topliss-reactive ketones (excluding diaryl/α,β-unsaturated/α-hetero) is 1. The van der Waals surface area contributed by atoms with E-state index in [9.17, 15) is 9.59 Å². The lowest BCUT2D eigenvalue weighted by molar-refractivity contribution is -0.145. The Morgan fingerprint density at radius 3 is 2.41 bits per heavy atom. The molecule has 2 atom stereocenters. The van der Waals surface area contributed by atoms with Gasteiger partial charge in [-0.1, -0.05) is 36.8 Å². The molecule has 0 aromatic heterocycles. The molecule has 1 fully saturated rings. The molecule has 1 aromatic rings. The molecule has 90 valence electrons. The van der Waals surface area contributed by atoms with Crippen LogP contribution in [0.4, 0.5) is 0 Å². The predicted octanol–water partition coefficient (Wildman–Crippen LogP) is 2.30. The van der Waals surface area contributed by atoms with Crippen LogP contribution in [0.15, 0.2) is 30.3 Å². The number of aliphatic carboxylic acids is 1. The molecule has 1 N–H and O–H groups in total. The van der Waals surface area contributed by atoms with E-state index < -0.39 is 11.9 Å². The van der Waals surface area contributed by atoms with Crippen molar-refractivity contribution in [3.63, 3.8) is 0 Å². The highest BCUT2D eigenvalue weighted by molar-refractivity contribution is 5.88. The van der Waals surface area contributed by atoms with Gasteiger partial charge in [-0.15, -0.1) is 0 Å². The maximum Gasteiger partial charge on any atom is 0.307 e. The maximum absolute atomic E-state index is 12.1. The van der Waals surface area contributed by atoms with Crippen LogP contribution in [0, 0.1) is 11.8 Å². The molecule has 0 amide bonds. The fourth-order valence-electron chi connectivity index (χ4n) is 2.57. The lowest BCUT2D eigenvalue weighted by atomic mass is 9.89. The van der Waals surface area contributed by atoms with E-state index in [1.807, 2.05) is 30.3 Å². The summed E-state index contributed by atoms with van der Waals surface area (Å²) in [5.41, 5.74) is 0.966. The Bertz CT molecular complexity index is 411. The Morgan fingerprint density at radius 1 is 1.12 bits per heavy atom. The molecule has 1 aromatic carbocycles. The average Bonchev–Trinajstić information content (AvgIpc) is 2.79. The minimum Gasteiger partial charge on any atom is -0.481 e. The molecule has 0 heterocycles. The third kappa shape index (κ3) is 2.73. The summed E-state index contributed by atoms with van der Waals surface area (Å²) in [6.07, 6.45) is 2.57. The monoisotopic (exact) mass is 232 g/mol. The fourth-order valence-corrected chi connectivity index (χ4v) is 2.57. The number of benzene rings is 1. The Hall–Kier alpha value is -1.64. The summed E-state index contributed by atoms with van der Waals surface area (Å²) in [5, 5.41) is 9.05. The molecule has 0 bridgehead atoms. The van der Waals surface area contributed by atoms with Crippen molar-refractivity contribution in [2.24, 2.45) is 11.8 Å². The first-order valence-electron chi connectivity index (χ1n) is 5.98. The number of carboxylic acid groups (broad SMARTS) is 1. The number of carbonyl (C=O) groups excluding carboxylic acids is 1. The molecular weight excluding hydrogens is 216 g/mol. The van der Waals surface area contributed by atoms with Crippen LogP contribution >= 0.6 is 0 Å². The van der Waals surface area contributed by atoms with Gasteiger partial charge in [0.05, 0.1) is 5.92 Å². The van der Waals surface area contributed by atoms with Gasteiger partial charge >= 0.3 is 5.97 Å². The Morgan fingerprint density at radius 2 is 1.76 bits per heavy atom. The van der Waals surface area contributed by atoms with Crippen molar-refractivity contribution in [3.05, 3.63) is 35.9 Å². The number of ketones is 1. The highest BCUT2D eigenvalue weighted by Gasteiger charge is 2.37. The van der Waals surface area contributed by atoms with Crippen LogP contribution in [0.1, 0.15) is 24.8 Å². The van der Waals surface area contributed by atoms with Crippen LogP contribution in [-0.2, 0) is 16.0 Å². The Kier molecular flexibility index (Phi) is 3.57. The quantitative estimate of drug-likeness (QED) is 0.866. The minimum absolute atomic E-state index is 0.0705. The highest BCUT2D eigenvalue weighted by Crippen LogP contribution is 2.33. The normalized spacial score (nSPS) is 23.5. The number of rotatable bonds is 4. The first-order valence-corrected chi connectivity index (χ1v) is 5.98. The van der Waals surface area contributed by atoms with Gasteiger partial charge in [0.15, 0.2) is 0 Å². The molecule has 2 rings (SSSR count). The van der Waals surface area contributed by atoms with Crippen molar-refractivity contribution in [2.45, 2.75) is 25.7 Å². The fraction of sp³-hybridized carbons (Fsp3) is 0.429. The largest absolute Gasteiger partial charge is 0.481 e. The van der Waals surface area contributed by atoms with E-state index >= 15 is 0 Å². The van der Waals surface area contributed by atoms with Crippen molar-refractivity contribution in [1.82, 2.24) is 0 Å². The van der Waals surface area contributed by atoms with Gasteiger partial charge < -0.3 is 5.11 Å². The minimum atomic E-state index is -0.825. The lowest BCUT2D eigenvalue weighted by Gasteiger charge is -2.14. The van der Waals surface area contributed by atoms with Crippen molar-refractivity contribution in [2.75, 3.05) is 0 Å². The molecule has 17 heavy (non-hydrogen) atoms. The molecule has 3 heteroatoms. The van der Waals surface area contributed by atoms with Crippen LogP contribution in [0.3, 0.4) is 0 Å². The lowest BCUT2D eigenvalue weighted by Crippen LogP contribution is -2.26. The molecule has 0 spiro atoms. The number of carbonyl (C=O) groups is 2. The smallest absolute Gasteiger partial charge is 0.307 e. The van der Waals surface area contributed by atoms with Gasteiger partial charge in [0, 0.05) is 12.3 Å². The number of hydrogen-bond donors (Lipinski definition) is 1. The van der Waals surface area contributed by atoms with E-state index in [1.165, 1.54) is 0 Å². The summed E-state index contributed by atoms with van der Waals surface area (Å²) in [6.45, 7) is 0. The zero-order valence-electron chi connectivity index (χ0n) is 9.63. The molecule has 1 aliphatic carbocycles. The van der Waals surface area contributed by atoms with Crippen molar-refractivity contribution >= 4 is 11.8 Å². The number of carboxylic acids is 1. The van der Waals surface area contributed by atoms with E-state index in [4.69, 9.17) is 5.11 Å². The van der Waals surface area contributed by atoms with Crippen LogP contribution < -0.4 is 0 Å². The molecule has 1 aliphatic rings. The zero-order chi connectivity index (χ0) is 12.3. The molecule has 1 saturated carbocycles. The zero-order valence-corrected chi connectivity index (χ0v) is 9.63. The summed E-state index contributed by atoms with van der Waals surface area (Å²) in [5.74, 6) is -1.51. The molecule has 2 unspecified atom stereocenters. The first-order chi connectivity index (χ1) is 8.18. The molecule has 0 aliphatic heterocycles. The van der Waals surface area contributed by atoms with E-state index in [0.29, 0.717) is 12.8 Å². The summed E-state index contributed by atoms with van der Waals surface area (Å²) in [7, 11) is 0. The number of hydrogen-bond acceptors (Lipinski definition) is 2. The second kappa shape index (κ2) is 5.13. The second-order valence-corrected chi connectivity index (χ2v) is 4.61. The Balaban J connectivity index is 2.03. The topological polar surface area (TPSA) is 54.4 Å². The van der Waals surface area contributed by atoms with Gasteiger partial charge in [0.25, 0.3) is 0 Å². The van der Waals surface area contributed by atoms with Crippen LogP contribution in [0.5, 0.6) is 0 Å². The van der Waals surface area contributed by atoms with Gasteiger partial charge in [-0.25, -0.2) is 0 Å². The molecular formula is C14H16O3. The average molecular weight is 232 g/mol. The van der Waals surface area contributed by atoms with Crippen LogP contribution in [0.25, 0.3) is 0 Å². The van der Waals surface area contributed by atoms with Crippen molar-refractivity contribution in [1.29, 1.82) is 0 Å². The maximum atomic E-state index is 12.1. The molecule has 0 radical (unpaired) electrons. The van der Waals surface area contributed by atoms with Gasteiger partial charge in [0.1, 0.15) is 5.78 Å². The Labute approximate surface area is 100 Å². The van der Waals surface area contributed by atoms with Crippen molar-refractivity contribution in [3.8, 4) is 0 Å². The standard InChI is InChI=1S/C14H16O3/c15-13(9-10-5-2-1-3-6-10)11-7-4-8-12(11)14(16)17/h1-3,5-6,11-12H,4,7-9H2,(H,16,17). The van der Waals surface area contributed by atoms with E-state index in [0.717, 1.165) is 18.4 Å². The van der Waals surface area contributed by atoms with Crippen LogP contribution in [-0.4, -0.2) is 16.9 Å². The summed E-state index contributed by atoms with van der Waals surface area (Å²) in [6, 6.07) is 9.51. The highest BCUT2D eigenvalue weighted by atomic mass is 16.4. The SMILES string of the molecule is O=C(O)C1CCCC1C(=O)Cc1ccccc1. The van der Waals surface area contributed by atoms with E-state index in [1.54, 1.807) is 0 Å². The van der Waals surface area contributed by atoms with Gasteiger partial charge in [0.2, 0.25) is 0 Å². The predicted molar refractivity (Wildman–Crippen MR) is 63.6 cm³/mol. The summed E-state index contributed by atoms with van der Waals surface area (Å²) in [4.78, 5) is 23.1. The van der Waals surface area contributed by atoms with Gasteiger partial charge in [-0.05, 0) is 18.4 Å². The third-order valence-corrected chi connectivity index (χ3v) is 3.47. The van der Waals surface area contributed by atoms with Crippen molar-refractivity contribution < 1.29 is 14.7 Å². The van der Waals surface area contributed by atoms with Gasteiger partial charge in [-0.2, -0.15) is 0 Å². The first kappa shape index (κ1) is 11.8. The van der Waals surface area contributed by atoms with Gasteiger partial charge in [-0.3, -0.25) is 9.59 Å². The van der Waals surface area contributed by atoms with E-state index in [2.05, 4.69) is 0 Å². The second-order valence-electron chi connectivity index (χ2n) is 4.61.